The summed E-state index contributed by atoms with van der Waals surface area (Å²) in [4.78, 5) is 19.1. The molecule has 1 aliphatic rings. The van der Waals surface area contributed by atoms with Gasteiger partial charge >= 0.3 is 0 Å². The summed E-state index contributed by atoms with van der Waals surface area (Å²) in [5.74, 6) is 1.19. The highest BCUT2D eigenvalue weighted by Crippen LogP contribution is 2.25. The molecular weight excluding hydrogens is 286 g/mol. The maximum absolute atomic E-state index is 12.8. The highest BCUT2D eigenvalue weighted by Gasteiger charge is 2.29. The third-order valence-corrected chi connectivity index (χ3v) is 4.29. The van der Waals surface area contributed by atoms with Gasteiger partial charge in [-0.1, -0.05) is 25.4 Å². The van der Waals surface area contributed by atoms with Gasteiger partial charge in [-0.25, -0.2) is 4.98 Å². The second-order valence-corrected chi connectivity index (χ2v) is 6.35. The lowest BCUT2D eigenvalue weighted by Crippen LogP contribution is -2.45. The van der Waals surface area contributed by atoms with Crippen LogP contribution in [0.25, 0.3) is 0 Å². The van der Waals surface area contributed by atoms with Crippen molar-refractivity contribution < 1.29 is 4.79 Å². The van der Waals surface area contributed by atoms with E-state index in [-0.39, 0.29) is 11.9 Å². The molecule has 1 aliphatic heterocycles. The van der Waals surface area contributed by atoms with Gasteiger partial charge in [-0.2, -0.15) is 0 Å². The van der Waals surface area contributed by atoms with Gasteiger partial charge in [-0.3, -0.25) is 4.79 Å². The number of aromatic nitrogens is 1. The molecule has 1 saturated heterocycles. The number of carbonyl (C=O) groups is 1. The molecule has 1 aromatic rings. The molecular formula is C16H24ClN3O. The first kappa shape index (κ1) is 16.1. The number of nitrogens with one attached hydrogen (secondary N) is 1. The second kappa shape index (κ2) is 7.12. The lowest BCUT2D eigenvalue weighted by Gasteiger charge is -2.36. The van der Waals surface area contributed by atoms with Crippen LogP contribution < -0.4 is 5.32 Å². The number of halogens is 1. The molecule has 2 rings (SSSR count). The van der Waals surface area contributed by atoms with Crippen molar-refractivity contribution in [2.45, 2.75) is 46.1 Å². The molecule has 0 aromatic carbocycles. The minimum atomic E-state index is -0.0563. The number of amides is 1. The lowest BCUT2D eigenvalue weighted by molar-refractivity contribution is 0.0568. The Kier molecular flexibility index (Phi) is 5.45. The van der Waals surface area contributed by atoms with Gasteiger partial charge < -0.3 is 10.2 Å². The molecule has 1 fully saturated rings. The molecule has 2 atom stereocenters. The van der Waals surface area contributed by atoms with Crippen LogP contribution in [0.1, 0.15) is 50.5 Å². The van der Waals surface area contributed by atoms with Crippen LogP contribution in [0.2, 0.25) is 5.02 Å². The number of hydrogen-bond acceptors (Lipinski definition) is 3. The van der Waals surface area contributed by atoms with E-state index < -0.39 is 0 Å². The summed E-state index contributed by atoms with van der Waals surface area (Å²) in [5.41, 5.74) is 0.360. The van der Waals surface area contributed by atoms with Crippen LogP contribution in [0.15, 0.2) is 12.1 Å². The van der Waals surface area contributed by atoms with E-state index in [1.54, 1.807) is 6.07 Å². The van der Waals surface area contributed by atoms with E-state index >= 15 is 0 Å². The van der Waals surface area contributed by atoms with Crippen LogP contribution in [-0.4, -0.2) is 34.9 Å². The van der Waals surface area contributed by atoms with E-state index in [1.165, 1.54) is 6.42 Å². The van der Waals surface area contributed by atoms with Gasteiger partial charge in [0, 0.05) is 19.1 Å². The monoisotopic (exact) mass is 309 g/mol. The van der Waals surface area contributed by atoms with Gasteiger partial charge in [0.05, 0.1) is 5.02 Å². The summed E-state index contributed by atoms with van der Waals surface area (Å²) in [7, 11) is 0. The molecule has 0 bridgehead atoms. The Hall–Kier alpha value is -1.29. The van der Waals surface area contributed by atoms with Crippen LogP contribution in [0, 0.1) is 5.92 Å². The molecule has 0 aliphatic carbocycles. The third-order valence-electron chi connectivity index (χ3n) is 3.98. The predicted octanol–water partition coefficient (Wildman–Crippen LogP) is 3.82. The van der Waals surface area contributed by atoms with Crippen molar-refractivity contribution in [1.82, 2.24) is 9.88 Å². The van der Waals surface area contributed by atoms with Crippen molar-refractivity contribution in [2.75, 3.05) is 18.4 Å². The van der Waals surface area contributed by atoms with Crippen LogP contribution in [-0.2, 0) is 0 Å². The Balaban J connectivity index is 2.21. The first-order valence-electron chi connectivity index (χ1n) is 7.74. The van der Waals surface area contributed by atoms with E-state index in [2.05, 4.69) is 31.1 Å². The number of rotatable bonds is 4. The minimum Gasteiger partial charge on any atom is -0.370 e. The van der Waals surface area contributed by atoms with Crippen molar-refractivity contribution in [3.05, 3.63) is 22.8 Å². The number of nitrogens with zero attached hydrogens (tertiary/aromatic N) is 2. The number of piperidine rings is 1. The van der Waals surface area contributed by atoms with E-state index in [0.29, 0.717) is 22.5 Å². The predicted molar refractivity (Wildman–Crippen MR) is 86.9 cm³/mol. The maximum atomic E-state index is 12.8. The maximum Gasteiger partial charge on any atom is 0.274 e. The Labute approximate surface area is 131 Å². The van der Waals surface area contributed by atoms with Gasteiger partial charge in [0.15, 0.2) is 0 Å². The summed E-state index contributed by atoms with van der Waals surface area (Å²) < 4.78 is 0. The number of pyridine rings is 1. The summed E-state index contributed by atoms with van der Waals surface area (Å²) in [6, 6.07) is 3.81. The first-order valence-corrected chi connectivity index (χ1v) is 8.12. The summed E-state index contributed by atoms with van der Waals surface area (Å²) in [5, 5.41) is 3.62. The molecule has 0 saturated carbocycles. The number of anilines is 1. The average Bonchev–Trinajstić information content (AvgIpc) is 2.48. The normalized spacial score (nSPS) is 22.2. The molecule has 0 spiro atoms. The Bertz CT molecular complexity index is 506. The highest BCUT2D eigenvalue weighted by atomic mass is 35.5. The van der Waals surface area contributed by atoms with Crippen LogP contribution in [0.3, 0.4) is 0 Å². The summed E-state index contributed by atoms with van der Waals surface area (Å²) in [6.45, 7) is 7.98. The van der Waals surface area contributed by atoms with Crippen LogP contribution in [0.4, 0.5) is 5.82 Å². The van der Waals surface area contributed by atoms with Crippen molar-refractivity contribution in [3.8, 4) is 0 Å². The smallest absolute Gasteiger partial charge is 0.274 e. The second-order valence-electron chi connectivity index (χ2n) is 5.94. The van der Waals surface area contributed by atoms with Crippen LogP contribution >= 0.6 is 11.6 Å². The van der Waals surface area contributed by atoms with Gasteiger partial charge in [-0.15, -0.1) is 0 Å². The summed E-state index contributed by atoms with van der Waals surface area (Å²) >= 11 is 6.19. The Morgan fingerprint density at radius 3 is 2.90 bits per heavy atom. The Morgan fingerprint density at radius 2 is 2.19 bits per heavy atom. The van der Waals surface area contributed by atoms with E-state index in [4.69, 9.17) is 11.6 Å². The number of likely N-dealkylation sites (tertiary alicyclic amines) is 1. The number of carbonyl (C=O) groups excluding carboxylic acids is 1. The van der Waals surface area contributed by atoms with Crippen molar-refractivity contribution in [3.63, 3.8) is 0 Å². The van der Waals surface area contributed by atoms with Crippen LogP contribution in [0.5, 0.6) is 0 Å². The fraction of sp³-hybridized carbons (Fsp3) is 0.625. The molecule has 4 nitrogen and oxygen atoms in total. The molecule has 1 amide bonds. The molecule has 2 unspecified atom stereocenters. The third kappa shape index (κ3) is 3.88. The Morgan fingerprint density at radius 1 is 1.43 bits per heavy atom. The zero-order chi connectivity index (χ0) is 15.4. The fourth-order valence-electron chi connectivity index (χ4n) is 2.65. The van der Waals surface area contributed by atoms with Crippen molar-refractivity contribution in [2.24, 2.45) is 5.92 Å². The summed E-state index contributed by atoms with van der Waals surface area (Å²) in [6.07, 6.45) is 3.22. The molecule has 5 heteroatoms. The lowest BCUT2D eigenvalue weighted by atomic mass is 9.95. The molecule has 0 radical (unpaired) electrons. The molecule has 21 heavy (non-hydrogen) atoms. The quantitative estimate of drug-likeness (QED) is 0.919. The van der Waals surface area contributed by atoms with Crippen molar-refractivity contribution >= 4 is 23.3 Å². The van der Waals surface area contributed by atoms with Gasteiger partial charge in [0.1, 0.15) is 11.5 Å². The molecule has 1 N–H and O–H groups in total. The van der Waals surface area contributed by atoms with Crippen molar-refractivity contribution in [1.29, 1.82) is 0 Å². The van der Waals surface area contributed by atoms with E-state index in [0.717, 1.165) is 25.9 Å². The first-order chi connectivity index (χ1) is 10.0. The minimum absolute atomic E-state index is 0.0563. The SMILES string of the molecule is CCCNc1ccc(Cl)c(C(=O)N2CC(C)CCC2C)n1. The van der Waals surface area contributed by atoms with Gasteiger partial charge in [-0.05, 0) is 44.2 Å². The average molecular weight is 310 g/mol. The zero-order valence-electron chi connectivity index (χ0n) is 13.0. The van der Waals surface area contributed by atoms with Gasteiger partial charge in [0.25, 0.3) is 5.91 Å². The topological polar surface area (TPSA) is 45.2 Å². The van der Waals surface area contributed by atoms with Gasteiger partial charge in [0.2, 0.25) is 0 Å². The fourth-order valence-corrected chi connectivity index (χ4v) is 2.84. The number of hydrogen-bond donors (Lipinski definition) is 1. The molecule has 116 valence electrons. The standard InChI is InChI=1S/C16H24ClN3O/c1-4-9-18-14-8-7-13(17)15(19-14)16(21)20-10-11(2)5-6-12(20)3/h7-8,11-12H,4-6,9-10H2,1-3H3,(H,18,19). The highest BCUT2D eigenvalue weighted by molar-refractivity contribution is 6.33. The van der Waals surface area contributed by atoms with E-state index in [1.807, 2.05) is 11.0 Å². The molecule has 2 heterocycles. The molecule has 1 aromatic heterocycles. The zero-order valence-corrected chi connectivity index (χ0v) is 13.8. The largest absolute Gasteiger partial charge is 0.370 e. The van der Waals surface area contributed by atoms with E-state index in [9.17, 15) is 4.79 Å².